The lowest BCUT2D eigenvalue weighted by atomic mass is 10.1. The van der Waals surface area contributed by atoms with Crippen LogP contribution < -0.4 is 10.6 Å². The minimum Gasteiger partial charge on any atom is -0.361 e. The second-order valence-electron chi connectivity index (χ2n) is 6.49. The van der Waals surface area contributed by atoms with E-state index in [1.165, 1.54) is 23.9 Å². The van der Waals surface area contributed by atoms with E-state index in [9.17, 15) is 14.0 Å². The Morgan fingerprint density at radius 1 is 1.13 bits per heavy atom. The third kappa shape index (κ3) is 6.41. The van der Waals surface area contributed by atoms with Crippen molar-refractivity contribution < 1.29 is 18.5 Å². The number of pyridine rings is 1. The molecular formula is C21H21FN4O3S. The minimum absolute atomic E-state index is 0.0800. The van der Waals surface area contributed by atoms with Gasteiger partial charge in [-0.05, 0) is 36.8 Å². The van der Waals surface area contributed by atoms with E-state index in [2.05, 4.69) is 20.8 Å². The number of halogens is 1. The molecule has 0 spiro atoms. The molecule has 30 heavy (non-hydrogen) atoms. The molecule has 9 heteroatoms. The summed E-state index contributed by atoms with van der Waals surface area (Å²) in [6, 6.07) is 11.1. The molecule has 2 heterocycles. The molecule has 0 saturated heterocycles. The summed E-state index contributed by atoms with van der Waals surface area (Å²) in [4.78, 5) is 28.7. The van der Waals surface area contributed by atoms with Crippen molar-refractivity contribution in [3.63, 3.8) is 0 Å². The average Bonchev–Trinajstić information content (AvgIpc) is 3.15. The van der Waals surface area contributed by atoms with Gasteiger partial charge in [-0.3, -0.25) is 9.59 Å². The molecule has 0 saturated carbocycles. The van der Waals surface area contributed by atoms with E-state index in [0.717, 1.165) is 11.5 Å². The summed E-state index contributed by atoms with van der Waals surface area (Å²) in [6.07, 6.45) is 1.70. The molecule has 0 aliphatic heterocycles. The predicted molar refractivity (Wildman–Crippen MR) is 110 cm³/mol. The van der Waals surface area contributed by atoms with Crippen LogP contribution in [-0.2, 0) is 17.0 Å². The van der Waals surface area contributed by atoms with Gasteiger partial charge in [0.05, 0.1) is 17.7 Å². The normalized spacial score (nSPS) is 10.6. The van der Waals surface area contributed by atoms with Gasteiger partial charge in [-0.2, -0.15) is 0 Å². The van der Waals surface area contributed by atoms with Crippen molar-refractivity contribution in [1.29, 1.82) is 0 Å². The largest absolute Gasteiger partial charge is 0.361 e. The fraction of sp³-hybridized carbons (Fsp3) is 0.238. The summed E-state index contributed by atoms with van der Waals surface area (Å²) < 4.78 is 18.2. The number of nitrogens with one attached hydrogen (secondary N) is 2. The van der Waals surface area contributed by atoms with E-state index in [0.29, 0.717) is 21.9 Å². The quantitative estimate of drug-likeness (QED) is 0.402. The van der Waals surface area contributed by atoms with Gasteiger partial charge < -0.3 is 15.2 Å². The number of thioether (sulfide) groups is 1. The molecule has 156 valence electrons. The number of hydrogen-bond acceptors (Lipinski definition) is 6. The highest BCUT2D eigenvalue weighted by Crippen LogP contribution is 2.24. The molecule has 0 fully saturated rings. The molecule has 3 rings (SSSR count). The van der Waals surface area contributed by atoms with E-state index >= 15 is 0 Å². The van der Waals surface area contributed by atoms with E-state index in [-0.39, 0.29) is 37.1 Å². The Balaban J connectivity index is 1.45. The number of rotatable bonds is 9. The van der Waals surface area contributed by atoms with E-state index in [1.54, 1.807) is 30.5 Å². The molecule has 2 aromatic heterocycles. The van der Waals surface area contributed by atoms with Crippen LogP contribution in [0.25, 0.3) is 0 Å². The Labute approximate surface area is 177 Å². The van der Waals surface area contributed by atoms with E-state index in [1.807, 2.05) is 13.0 Å². The number of aromatic nitrogens is 2. The van der Waals surface area contributed by atoms with E-state index < -0.39 is 0 Å². The van der Waals surface area contributed by atoms with E-state index in [4.69, 9.17) is 4.52 Å². The first kappa shape index (κ1) is 21.5. The predicted octanol–water partition coefficient (Wildman–Crippen LogP) is 2.90. The molecular weight excluding hydrogens is 407 g/mol. The van der Waals surface area contributed by atoms with Crippen LogP contribution in [0, 0.1) is 12.7 Å². The lowest BCUT2D eigenvalue weighted by Crippen LogP contribution is -2.35. The maximum atomic E-state index is 13.2. The fourth-order valence-corrected chi connectivity index (χ4v) is 3.55. The molecule has 1 aromatic carbocycles. The minimum atomic E-state index is -0.378. The monoisotopic (exact) mass is 428 g/mol. The molecule has 0 bridgehead atoms. The summed E-state index contributed by atoms with van der Waals surface area (Å²) in [7, 11) is 0. The van der Waals surface area contributed by atoms with Gasteiger partial charge in [-0.15, -0.1) is 0 Å². The van der Waals surface area contributed by atoms with Gasteiger partial charge in [0, 0.05) is 31.1 Å². The first-order valence-electron chi connectivity index (χ1n) is 9.30. The Morgan fingerprint density at radius 3 is 2.73 bits per heavy atom. The Hall–Kier alpha value is -3.20. The van der Waals surface area contributed by atoms with Crippen LogP contribution in [0.5, 0.6) is 0 Å². The number of amides is 2. The van der Waals surface area contributed by atoms with Crippen LogP contribution in [0.4, 0.5) is 4.39 Å². The van der Waals surface area contributed by atoms with Crippen molar-refractivity contribution in [3.05, 3.63) is 77.1 Å². The number of carbonyl (C=O) groups excluding carboxylic acids is 2. The maximum absolute atomic E-state index is 13.2. The molecule has 0 atom stereocenters. The molecule has 0 aliphatic carbocycles. The smallest absolute Gasteiger partial charge is 0.254 e. The number of carbonyl (C=O) groups is 2. The van der Waals surface area contributed by atoms with Crippen LogP contribution in [0.15, 0.2) is 58.2 Å². The average molecular weight is 428 g/mol. The Bertz CT molecular complexity index is 1020. The first-order chi connectivity index (χ1) is 14.5. The number of hydrogen-bond donors (Lipinski definition) is 2. The highest BCUT2D eigenvalue weighted by molar-refractivity contribution is 7.98. The zero-order valence-electron chi connectivity index (χ0n) is 16.4. The standard InChI is InChI=1S/C21H21FN4O3S/c1-14-10-17(26-29-14)13-30-21-18(6-3-7-25-21)20(28)24-9-8-23-19(27)12-15-4-2-5-16(22)11-15/h2-7,10-11H,8-9,12-13H2,1H3,(H,23,27)(H,24,28). The summed E-state index contributed by atoms with van der Waals surface area (Å²) >= 11 is 1.39. The van der Waals surface area contributed by atoms with Gasteiger partial charge in [-0.1, -0.05) is 29.1 Å². The summed E-state index contributed by atoms with van der Waals surface area (Å²) in [5.74, 6) is 0.363. The molecule has 2 amide bonds. The number of benzene rings is 1. The number of aryl methyl sites for hydroxylation is 1. The zero-order chi connectivity index (χ0) is 21.3. The SMILES string of the molecule is Cc1cc(CSc2ncccc2C(=O)NCCNC(=O)Cc2cccc(F)c2)no1. The molecule has 0 radical (unpaired) electrons. The second-order valence-corrected chi connectivity index (χ2v) is 7.45. The van der Waals surface area contributed by atoms with Crippen molar-refractivity contribution in [3.8, 4) is 0 Å². The summed E-state index contributed by atoms with van der Waals surface area (Å²) in [5, 5.41) is 10.00. The zero-order valence-corrected chi connectivity index (χ0v) is 17.2. The van der Waals surface area contributed by atoms with Gasteiger partial charge in [0.2, 0.25) is 5.91 Å². The summed E-state index contributed by atoms with van der Waals surface area (Å²) in [5.41, 5.74) is 1.82. The Morgan fingerprint density at radius 2 is 1.97 bits per heavy atom. The van der Waals surface area contributed by atoms with Gasteiger partial charge in [-0.25, -0.2) is 9.37 Å². The number of nitrogens with zero attached hydrogens (tertiary/aromatic N) is 2. The first-order valence-corrected chi connectivity index (χ1v) is 10.3. The second kappa shape index (κ2) is 10.5. The van der Waals surface area contributed by atoms with Gasteiger partial charge >= 0.3 is 0 Å². The van der Waals surface area contributed by atoms with Crippen molar-refractivity contribution in [1.82, 2.24) is 20.8 Å². The van der Waals surface area contributed by atoms with Crippen LogP contribution in [0.3, 0.4) is 0 Å². The van der Waals surface area contributed by atoms with Crippen LogP contribution >= 0.6 is 11.8 Å². The molecule has 0 unspecified atom stereocenters. The van der Waals surface area contributed by atoms with Gasteiger partial charge in [0.25, 0.3) is 5.91 Å². The molecule has 7 nitrogen and oxygen atoms in total. The topological polar surface area (TPSA) is 97.1 Å². The highest BCUT2D eigenvalue weighted by atomic mass is 32.2. The van der Waals surface area contributed by atoms with Crippen LogP contribution in [-0.4, -0.2) is 35.0 Å². The van der Waals surface area contributed by atoms with Crippen molar-refractivity contribution in [2.45, 2.75) is 24.1 Å². The van der Waals surface area contributed by atoms with Crippen LogP contribution in [0.1, 0.15) is 27.4 Å². The lowest BCUT2D eigenvalue weighted by Gasteiger charge is -2.09. The van der Waals surface area contributed by atoms with Crippen molar-refractivity contribution in [2.75, 3.05) is 13.1 Å². The van der Waals surface area contributed by atoms with Crippen molar-refractivity contribution >= 4 is 23.6 Å². The third-order valence-electron chi connectivity index (χ3n) is 4.04. The maximum Gasteiger partial charge on any atom is 0.254 e. The van der Waals surface area contributed by atoms with Gasteiger partial charge in [0.1, 0.15) is 16.6 Å². The molecule has 0 aliphatic rings. The van der Waals surface area contributed by atoms with Crippen molar-refractivity contribution in [2.24, 2.45) is 0 Å². The van der Waals surface area contributed by atoms with Gasteiger partial charge in [0.15, 0.2) is 0 Å². The molecule has 2 N–H and O–H groups in total. The molecule has 3 aromatic rings. The summed E-state index contributed by atoms with van der Waals surface area (Å²) in [6.45, 7) is 2.34. The van der Waals surface area contributed by atoms with Crippen LogP contribution in [0.2, 0.25) is 0 Å². The fourth-order valence-electron chi connectivity index (χ4n) is 2.67. The Kier molecular flexibility index (Phi) is 7.56. The third-order valence-corrected chi connectivity index (χ3v) is 5.07. The highest BCUT2D eigenvalue weighted by Gasteiger charge is 2.13. The lowest BCUT2D eigenvalue weighted by molar-refractivity contribution is -0.120.